The van der Waals surface area contributed by atoms with E-state index in [0.29, 0.717) is 5.56 Å². The Hall–Kier alpha value is -1.49. The lowest BCUT2D eigenvalue weighted by Crippen LogP contribution is -2.30. The van der Waals surface area contributed by atoms with Crippen molar-refractivity contribution in [1.82, 2.24) is 4.72 Å². The van der Waals surface area contributed by atoms with E-state index in [4.69, 9.17) is 5.26 Å². The Bertz CT molecular complexity index is 537. The maximum atomic E-state index is 12.7. The molecule has 2 N–H and O–H groups in total. The lowest BCUT2D eigenvalue weighted by Gasteiger charge is -2.12. The van der Waals surface area contributed by atoms with E-state index in [1.54, 1.807) is 0 Å². The number of unbranched alkanes of at least 4 members (excludes halogenated alkanes) is 1. The first-order valence-electron chi connectivity index (χ1n) is 5.72. The molecule has 5 nitrogen and oxygen atoms in total. The molecule has 0 fully saturated rings. The molecule has 0 aliphatic rings. The highest BCUT2D eigenvalue weighted by molar-refractivity contribution is 7.89. The topological polar surface area (TPSA) is 90.2 Å². The fourth-order valence-corrected chi connectivity index (χ4v) is 2.50. The molecule has 0 aliphatic heterocycles. The number of halogens is 1. The van der Waals surface area contributed by atoms with Gasteiger partial charge in [0, 0.05) is 13.0 Å². The minimum absolute atomic E-state index is 0.156. The lowest BCUT2D eigenvalue weighted by molar-refractivity contribution is 0.182. The first-order chi connectivity index (χ1) is 8.94. The van der Waals surface area contributed by atoms with E-state index in [1.807, 2.05) is 6.07 Å². The van der Waals surface area contributed by atoms with Gasteiger partial charge in [0.25, 0.3) is 0 Å². The number of aliphatic hydroxyl groups is 1. The third-order valence-corrected chi connectivity index (χ3v) is 3.89. The number of benzene rings is 1. The molecule has 0 spiro atoms. The van der Waals surface area contributed by atoms with Crippen LogP contribution in [0.15, 0.2) is 24.3 Å². The van der Waals surface area contributed by atoms with E-state index >= 15 is 0 Å². The summed E-state index contributed by atoms with van der Waals surface area (Å²) >= 11 is 0. The molecule has 1 unspecified atom stereocenters. The fourth-order valence-electron chi connectivity index (χ4n) is 1.42. The quantitative estimate of drug-likeness (QED) is 0.734. The zero-order valence-electron chi connectivity index (χ0n) is 10.2. The summed E-state index contributed by atoms with van der Waals surface area (Å²) in [6.07, 6.45) is -0.619. The van der Waals surface area contributed by atoms with Crippen LogP contribution < -0.4 is 4.72 Å². The first-order valence-corrected chi connectivity index (χ1v) is 7.37. The molecule has 104 valence electrons. The number of nitrogens with one attached hydrogen (secondary N) is 1. The van der Waals surface area contributed by atoms with Gasteiger partial charge in [-0.3, -0.25) is 0 Å². The van der Waals surface area contributed by atoms with Crippen LogP contribution in [0.1, 0.15) is 24.5 Å². The summed E-state index contributed by atoms with van der Waals surface area (Å²) in [5.74, 6) is -0.579. The lowest BCUT2D eigenvalue weighted by atomic mass is 10.1. The third-order valence-electron chi connectivity index (χ3n) is 2.45. The van der Waals surface area contributed by atoms with Gasteiger partial charge in [0.2, 0.25) is 10.0 Å². The molecule has 0 aliphatic carbocycles. The summed E-state index contributed by atoms with van der Waals surface area (Å²) in [5.41, 5.74) is 0.432. The van der Waals surface area contributed by atoms with Gasteiger partial charge in [-0.1, -0.05) is 12.1 Å². The first kappa shape index (κ1) is 15.6. The Balaban J connectivity index is 2.47. The van der Waals surface area contributed by atoms with Crippen molar-refractivity contribution in [2.45, 2.75) is 18.9 Å². The molecule has 1 rings (SSSR count). The van der Waals surface area contributed by atoms with Crippen molar-refractivity contribution in [3.8, 4) is 6.07 Å². The molecule has 0 bridgehead atoms. The van der Waals surface area contributed by atoms with Gasteiger partial charge in [0.15, 0.2) is 0 Å². The highest BCUT2D eigenvalue weighted by Crippen LogP contribution is 2.12. The normalized spacial score (nSPS) is 12.9. The molecule has 1 atom stereocenters. The van der Waals surface area contributed by atoms with Crippen molar-refractivity contribution in [1.29, 1.82) is 5.26 Å². The second kappa shape index (κ2) is 7.19. The van der Waals surface area contributed by atoms with Gasteiger partial charge in [-0.2, -0.15) is 5.26 Å². The minimum atomic E-state index is -3.50. The maximum Gasteiger partial charge on any atom is 0.211 e. The van der Waals surface area contributed by atoms with Crippen molar-refractivity contribution >= 4 is 10.0 Å². The van der Waals surface area contributed by atoms with Crippen molar-refractivity contribution in [3.63, 3.8) is 0 Å². The van der Waals surface area contributed by atoms with E-state index in [9.17, 15) is 17.9 Å². The number of hydrogen-bond donors (Lipinski definition) is 2. The Kier molecular flexibility index (Phi) is 5.89. The summed E-state index contributed by atoms with van der Waals surface area (Å²) < 4.78 is 37.9. The molecule has 0 saturated heterocycles. The highest BCUT2D eigenvalue weighted by Gasteiger charge is 2.14. The van der Waals surface area contributed by atoms with Gasteiger partial charge < -0.3 is 5.11 Å². The van der Waals surface area contributed by atoms with Crippen molar-refractivity contribution < 1.29 is 17.9 Å². The molecule has 0 heterocycles. The van der Waals surface area contributed by atoms with Crippen LogP contribution in [-0.4, -0.2) is 25.8 Å². The van der Waals surface area contributed by atoms with Crippen LogP contribution in [0.2, 0.25) is 0 Å². The van der Waals surface area contributed by atoms with Crippen LogP contribution in [0, 0.1) is 17.1 Å². The predicted molar refractivity (Wildman–Crippen MR) is 68.0 cm³/mol. The van der Waals surface area contributed by atoms with E-state index in [-0.39, 0.29) is 25.1 Å². The van der Waals surface area contributed by atoms with Gasteiger partial charge in [-0.25, -0.2) is 17.5 Å². The molecule has 19 heavy (non-hydrogen) atoms. The molecule has 0 radical (unpaired) electrons. The number of nitrogens with zero attached hydrogens (tertiary/aromatic N) is 1. The summed E-state index contributed by atoms with van der Waals surface area (Å²) in [7, 11) is -3.50. The molecule has 7 heteroatoms. The van der Waals surface area contributed by atoms with Crippen LogP contribution in [-0.2, 0) is 10.0 Å². The standard InChI is InChI=1S/C12H15FN2O3S/c13-11-5-3-10(4-6-11)12(16)9-15-19(17,18)8-2-1-7-14/h3-6,12,15-16H,1-2,8-9H2. The minimum Gasteiger partial charge on any atom is -0.387 e. The SMILES string of the molecule is N#CCCCS(=O)(=O)NCC(O)c1ccc(F)cc1. The molecule has 1 aromatic rings. The average Bonchev–Trinajstić information content (AvgIpc) is 2.37. The van der Waals surface area contributed by atoms with Gasteiger partial charge >= 0.3 is 0 Å². The zero-order valence-corrected chi connectivity index (χ0v) is 11.0. The molecular weight excluding hydrogens is 271 g/mol. The van der Waals surface area contributed by atoms with Crippen molar-refractivity contribution in [2.75, 3.05) is 12.3 Å². The zero-order chi connectivity index (χ0) is 14.3. The van der Waals surface area contributed by atoms with Crippen LogP contribution in [0.5, 0.6) is 0 Å². The van der Waals surface area contributed by atoms with E-state index < -0.39 is 21.9 Å². The Morgan fingerprint density at radius 1 is 1.37 bits per heavy atom. The van der Waals surface area contributed by atoms with Crippen LogP contribution in [0.3, 0.4) is 0 Å². The molecular formula is C12H15FN2O3S. The van der Waals surface area contributed by atoms with Crippen molar-refractivity contribution in [3.05, 3.63) is 35.6 Å². The van der Waals surface area contributed by atoms with Crippen LogP contribution in [0.4, 0.5) is 4.39 Å². The number of hydrogen-bond acceptors (Lipinski definition) is 4. The third kappa shape index (κ3) is 5.79. The molecule has 1 aromatic carbocycles. The second-order valence-corrected chi connectivity index (χ2v) is 5.92. The predicted octanol–water partition coefficient (Wildman–Crippen LogP) is 1.08. The Morgan fingerprint density at radius 2 is 2.00 bits per heavy atom. The average molecular weight is 286 g/mol. The van der Waals surface area contributed by atoms with Crippen LogP contribution >= 0.6 is 0 Å². The number of sulfonamides is 1. The highest BCUT2D eigenvalue weighted by atomic mass is 32.2. The summed E-state index contributed by atoms with van der Waals surface area (Å²) in [4.78, 5) is 0. The van der Waals surface area contributed by atoms with Crippen LogP contribution in [0.25, 0.3) is 0 Å². The number of aliphatic hydroxyl groups excluding tert-OH is 1. The molecule has 0 aromatic heterocycles. The van der Waals surface area contributed by atoms with E-state index in [2.05, 4.69) is 4.72 Å². The summed E-state index contributed by atoms with van der Waals surface area (Å²) in [5, 5.41) is 18.1. The fraction of sp³-hybridized carbons (Fsp3) is 0.417. The summed E-state index contributed by atoms with van der Waals surface area (Å²) in [6, 6.07) is 7.03. The van der Waals surface area contributed by atoms with Gasteiger partial charge in [-0.05, 0) is 24.1 Å². The number of rotatable bonds is 7. The van der Waals surface area contributed by atoms with Crippen molar-refractivity contribution in [2.24, 2.45) is 0 Å². The molecule has 0 amide bonds. The van der Waals surface area contributed by atoms with Gasteiger partial charge in [0.1, 0.15) is 5.82 Å². The molecule has 0 saturated carbocycles. The second-order valence-electron chi connectivity index (χ2n) is 4.00. The monoisotopic (exact) mass is 286 g/mol. The largest absolute Gasteiger partial charge is 0.387 e. The Labute approximate surface area is 111 Å². The van der Waals surface area contributed by atoms with Gasteiger partial charge in [0.05, 0.1) is 17.9 Å². The Morgan fingerprint density at radius 3 is 2.58 bits per heavy atom. The van der Waals surface area contributed by atoms with E-state index in [0.717, 1.165) is 0 Å². The smallest absolute Gasteiger partial charge is 0.211 e. The maximum absolute atomic E-state index is 12.7. The van der Waals surface area contributed by atoms with Gasteiger partial charge in [-0.15, -0.1) is 0 Å². The van der Waals surface area contributed by atoms with E-state index in [1.165, 1.54) is 24.3 Å². The number of nitriles is 1. The summed E-state index contributed by atoms with van der Waals surface area (Å²) in [6.45, 7) is -0.180.